The Bertz CT molecular complexity index is 1280. The fourth-order valence-electron chi connectivity index (χ4n) is 6.81. The molecule has 35 heavy (non-hydrogen) atoms. The Morgan fingerprint density at radius 2 is 1.63 bits per heavy atom. The summed E-state index contributed by atoms with van der Waals surface area (Å²) >= 11 is 0. The number of carboxylic acid groups (broad SMARTS) is 1. The first kappa shape index (κ1) is 22.4. The Morgan fingerprint density at radius 3 is 2.40 bits per heavy atom. The fraction of sp³-hybridized carbons (Fsp3) is 0.467. The Labute approximate surface area is 206 Å². The number of benzene rings is 2. The zero-order chi connectivity index (χ0) is 23.9. The minimum atomic E-state index is -0.906. The molecular weight excluding hydrogens is 436 g/mol. The van der Waals surface area contributed by atoms with Crippen molar-refractivity contribution >= 4 is 22.8 Å². The van der Waals surface area contributed by atoms with E-state index in [0.29, 0.717) is 18.0 Å². The predicted octanol–water partition coefficient (Wildman–Crippen LogP) is 6.24. The average molecular weight is 471 g/mol. The number of hydrogen-bond acceptors (Lipinski definition) is 2. The monoisotopic (exact) mass is 470 g/mol. The molecule has 1 aromatic heterocycles. The van der Waals surface area contributed by atoms with E-state index < -0.39 is 5.97 Å². The predicted molar refractivity (Wildman–Crippen MR) is 138 cm³/mol. The molecule has 6 rings (SSSR count). The topological polar surface area (TPSA) is 62.5 Å². The van der Waals surface area contributed by atoms with Crippen molar-refractivity contribution < 1.29 is 14.7 Å². The summed E-state index contributed by atoms with van der Waals surface area (Å²) in [6.07, 6.45) is 10.2. The smallest absolute Gasteiger partial charge is 0.335 e. The van der Waals surface area contributed by atoms with Crippen molar-refractivity contribution in [2.45, 2.75) is 70.3 Å². The summed E-state index contributed by atoms with van der Waals surface area (Å²) in [6.45, 7) is 2.31. The van der Waals surface area contributed by atoms with Gasteiger partial charge in [-0.15, -0.1) is 0 Å². The van der Waals surface area contributed by atoms with Gasteiger partial charge in [-0.3, -0.25) is 4.79 Å². The molecule has 182 valence electrons. The van der Waals surface area contributed by atoms with Gasteiger partial charge < -0.3 is 14.6 Å². The molecule has 2 aromatic carbocycles. The number of carboxylic acids is 1. The van der Waals surface area contributed by atoms with Crippen molar-refractivity contribution in [2.24, 2.45) is 5.92 Å². The zero-order valence-electron chi connectivity index (χ0n) is 20.3. The first-order chi connectivity index (χ1) is 17.1. The van der Waals surface area contributed by atoms with E-state index in [1.807, 2.05) is 12.1 Å². The maximum absolute atomic E-state index is 13.8. The van der Waals surface area contributed by atoms with Gasteiger partial charge in [0, 0.05) is 36.1 Å². The second kappa shape index (κ2) is 9.18. The highest BCUT2D eigenvalue weighted by atomic mass is 16.4. The molecule has 3 heterocycles. The molecule has 0 spiro atoms. The first-order valence-corrected chi connectivity index (χ1v) is 13.4. The van der Waals surface area contributed by atoms with E-state index in [1.54, 1.807) is 6.07 Å². The molecule has 3 aromatic rings. The lowest BCUT2D eigenvalue weighted by Gasteiger charge is -2.30. The van der Waals surface area contributed by atoms with Gasteiger partial charge in [-0.25, -0.2) is 4.79 Å². The van der Waals surface area contributed by atoms with Crippen LogP contribution in [0.3, 0.4) is 0 Å². The fourth-order valence-corrected chi connectivity index (χ4v) is 6.81. The largest absolute Gasteiger partial charge is 0.478 e. The number of aromatic nitrogens is 1. The maximum atomic E-state index is 13.8. The molecule has 1 saturated heterocycles. The highest BCUT2D eigenvalue weighted by Gasteiger charge is 2.34. The van der Waals surface area contributed by atoms with Gasteiger partial charge in [-0.1, -0.05) is 49.6 Å². The van der Waals surface area contributed by atoms with Gasteiger partial charge in [-0.05, 0) is 67.7 Å². The van der Waals surface area contributed by atoms with Crippen molar-refractivity contribution in [1.29, 1.82) is 0 Å². The van der Waals surface area contributed by atoms with Crippen LogP contribution < -0.4 is 0 Å². The number of carbonyl (C=O) groups is 2. The number of amides is 1. The highest BCUT2D eigenvalue weighted by molar-refractivity contribution is 5.99. The van der Waals surface area contributed by atoms with E-state index in [1.165, 1.54) is 60.9 Å². The molecular formula is C30H34N2O3. The van der Waals surface area contributed by atoms with Crippen LogP contribution in [0.2, 0.25) is 0 Å². The van der Waals surface area contributed by atoms with Crippen molar-refractivity contribution in [3.63, 3.8) is 0 Å². The molecule has 0 radical (unpaired) electrons. The van der Waals surface area contributed by atoms with Crippen molar-refractivity contribution in [1.82, 2.24) is 9.47 Å². The van der Waals surface area contributed by atoms with Crippen LogP contribution in [0, 0.1) is 5.92 Å². The van der Waals surface area contributed by atoms with E-state index >= 15 is 0 Å². The molecule has 1 atom stereocenters. The minimum Gasteiger partial charge on any atom is -0.478 e. The summed E-state index contributed by atoms with van der Waals surface area (Å²) in [6, 6.07) is 14.2. The number of aromatic carboxylic acids is 1. The minimum absolute atomic E-state index is 0.140. The summed E-state index contributed by atoms with van der Waals surface area (Å²) in [5.41, 5.74) is 6.32. The molecule has 2 aliphatic heterocycles. The summed E-state index contributed by atoms with van der Waals surface area (Å²) in [5.74, 6) is -0.321. The Balaban J connectivity index is 1.56. The third kappa shape index (κ3) is 3.95. The van der Waals surface area contributed by atoms with Gasteiger partial charge >= 0.3 is 5.97 Å². The molecule has 3 aliphatic rings. The summed E-state index contributed by atoms with van der Waals surface area (Å²) in [7, 11) is 0. The van der Waals surface area contributed by atoms with Crippen LogP contribution in [0.4, 0.5) is 0 Å². The van der Waals surface area contributed by atoms with Crippen LogP contribution in [0.5, 0.6) is 0 Å². The summed E-state index contributed by atoms with van der Waals surface area (Å²) in [4.78, 5) is 27.7. The van der Waals surface area contributed by atoms with Crippen LogP contribution in [-0.4, -0.2) is 39.5 Å². The lowest BCUT2D eigenvalue weighted by molar-refractivity contribution is -0.136. The van der Waals surface area contributed by atoms with E-state index in [9.17, 15) is 14.7 Å². The summed E-state index contributed by atoms with van der Waals surface area (Å²) in [5, 5.41) is 10.9. The van der Waals surface area contributed by atoms with Gasteiger partial charge in [0.2, 0.25) is 5.91 Å². The van der Waals surface area contributed by atoms with Crippen molar-refractivity contribution in [3.8, 4) is 11.3 Å². The van der Waals surface area contributed by atoms with Gasteiger partial charge in [0.25, 0.3) is 0 Å². The lowest BCUT2D eigenvalue weighted by Crippen LogP contribution is -2.41. The average Bonchev–Trinajstić information content (AvgIpc) is 3.11. The van der Waals surface area contributed by atoms with E-state index in [0.717, 1.165) is 43.3 Å². The molecule has 1 saturated carbocycles. The van der Waals surface area contributed by atoms with E-state index in [2.05, 4.69) is 33.7 Å². The standard InChI is InChI=1S/C30H34N2O3/c33-29(31-15-7-2-8-16-31)23-17-21-11-5-6-12-24(21)28-27(20-9-3-1-4-10-20)25-14-13-22(30(34)35)18-26(25)32(28)19-23/h5-6,11-14,18,20,23H,1-4,7-10,15-17,19H2,(H,34,35)/t23-/m1/s1. The van der Waals surface area contributed by atoms with Crippen molar-refractivity contribution in [3.05, 3.63) is 59.2 Å². The number of fused-ring (bicyclic) bond motifs is 5. The molecule has 2 fully saturated rings. The second-order valence-corrected chi connectivity index (χ2v) is 10.7. The molecule has 0 bridgehead atoms. The van der Waals surface area contributed by atoms with Gasteiger partial charge in [0.1, 0.15) is 0 Å². The lowest BCUT2D eigenvalue weighted by atomic mass is 9.81. The molecule has 1 N–H and O–H groups in total. The van der Waals surface area contributed by atoms with Gasteiger partial charge in [-0.2, -0.15) is 0 Å². The Hall–Kier alpha value is -3.08. The Morgan fingerprint density at radius 1 is 0.886 bits per heavy atom. The summed E-state index contributed by atoms with van der Waals surface area (Å²) < 4.78 is 2.31. The number of carbonyl (C=O) groups excluding carboxylic acids is 1. The van der Waals surface area contributed by atoms with E-state index in [4.69, 9.17) is 0 Å². The SMILES string of the molecule is O=C(O)c1ccc2c(C3CCCCC3)c3n(c2c1)C[C@H](C(=O)N1CCCCC1)Cc1ccccc1-3. The normalized spacial score (nSPS) is 20.8. The molecule has 5 heteroatoms. The Kier molecular flexibility index (Phi) is 5.87. The first-order valence-electron chi connectivity index (χ1n) is 13.4. The molecule has 0 unspecified atom stereocenters. The third-order valence-electron chi connectivity index (χ3n) is 8.52. The second-order valence-electron chi connectivity index (χ2n) is 10.7. The van der Waals surface area contributed by atoms with E-state index in [-0.39, 0.29) is 11.8 Å². The number of piperidine rings is 1. The van der Waals surface area contributed by atoms with Gasteiger partial charge in [0.05, 0.1) is 17.2 Å². The molecule has 1 amide bonds. The quantitative estimate of drug-likeness (QED) is 0.493. The number of nitrogens with zero attached hydrogens (tertiary/aromatic N) is 2. The van der Waals surface area contributed by atoms with Gasteiger partial charge in [0.15, 0.2) is 0 Å². The number of rotatable bonds is 3. The maximum Gasteiger partial charge on any atom is 0.335 e. The van der Waals surface area contributed by atoms with Crippen LogP contribution in [0.25, 0.3) is 22.2 Å². The van der Waals surface area contributed by atoms with Crippen LogP contribution in [-0.2, 0) is 17.8 Å². The van der Waals surface area contributed by atoms with Crippen molar-refractivity contribution in [2.75, 3.05) is 13.1 Å². The highest BCUT2D eigenvalue weighted by Crippen LogP contribution is 2.46. The number of hydrogen-bond donors (Lipinski definition) is 1. The van der Waals surface area contributed by atoms with Crippen LogP contribution in [0.15, 0.2) is 42.5 Å². The third-order valence-corrected chi connectivity index (χ3v) is 8.52. The molecule has 1 aliphatic carbocycles. The zero-order valence-corrected chi connectivity index (χ0v) is 20.3. The molecule has 5 nitrogen and oxygen atoms in total. The van der Waals surface area contributed by atoms with Crippen LogP contribution >= 0.6 is 0 Å². The number of likely N-dealkylation sites (tertiary alicyclic amines) is 1. The van der Waals surface area contributed by atoms with Crippen LogP contribution in [0.1, 0.15) is 78.8 Å².